The maximum absolute atomic E-state index is 13.3. The molecule has 0 amide bonds. The quantitative estimate of drug-likeness (QED) is 0.146. The number of carbonyl (C=O) groups excluding carboxylic acids is 1. The number of carbonyl (C=O) groups is 1. The van der Waals surface area contributed by atoms with Gasteiger partial charge in [-0.2, -0.15) is 0 Å². The molecule has 21 atom stereocenters. The molecule has 6 fully saturated rings. The monoisotopic (exact) mass is 736 g/mol. The lowest BCUT2D eigenvalue weighted by Gasteiger charge is -2.58. The SMILES string of the molecule is CC(C)=C[C@H]1[C@@H](C)[C@H]2[C@H](C[C@H]3[C@@H]4CC=C5C[C@@H](O[C@@H]6O[C@H](CO)[C@@H](O)[C@H](O)[C@H]6O[C@@H]6O[C@@H](C)[C@H](O)[C@@H](O)[C@H]6O)CC[C@]5(C)[C@H]4CC[C@]23C=O)O[C@H]1O. The van der Waals surface area contributed by atoms with Crippen molar-refractivity contribution in [3.05, 3.63) is 23.3 Å². The van der Waals surface area contributed by atoms with Crippen LogP contribution in [0.5, 0.6) is 0 Å². The minimum Gasteiger partial charge on any atom is -0.394 e. The Kier molecular flexibility index (Phi) is 11.0. The van der Waals surface area contributed by atoms with Crippen molar-refractivity contribution in [2.45, 2.75) is 159 Å². The van der Waals surface area contributed by atoms with Gasteiger partial charge in [0.2, 0.25) is 0 Å². The lowest BCUT2D eigenvalue weighted by Crippen LogP contribution is -2.64. The number of aliphatic hydroxyl groups excluding tert-OH is 7. The van der Waals surface area contributed by atoms with Gasteiger partial charge < -0.3 is 64.2 Å². The van der Waals surface area contributed by atoms with Crippen LogP contribution in [0.3, 0.4) is 0 Å². The Labute approximate surface area is 305 Å². The van der Waals surface area contributed by atoms with Gasteiger partial charge in [0, 0.05) is 17.3 Å². The zero-order valence-corrected chi connectivity index (χ0v) is 30.9. The molecule has 3 saturated heterocycles. The second kappa shape index (κ2) is 14.6. The summed E-state index contributed by atoms with van der Waals surface area (Å²) in [6, 6.07) is 0. The highest BCUT2D eigenvalue weighted by atomic mass is 16.8. The number of hydrogen-bond acceptors (Lipinski definition) is 13. The number of rotatable bonds is 7. The third-order valence-corrected chi connectivity index (χ3v) is 14.6. The fourth-order valence-electron chi connectivity index (χ4n) is 11.9. The maximum Gasteiger partial charge on any atom is 0.187 e. The molecule has 7 rings (SSSR count). The van der Waals surface area contributed by atoms with Crippen molar-refractivity contribution in [3.8, 4) is 0 Å². The third kappa shape index (κ3) is 6.28. The largest absolute Gasteiger partial charge is 0.394 e. The Morgan fingerprint density at radius 2 is 1.65 bits per heavy atom. The predicted molar refractivity (Wildman–Crippen MR) is 184 cm³/mol. The summed E-state index contributed by atoms with van der Waals surface area (Å²) in [6.07, 6.45) is -3.97. The number of fused-ring (bicyclic) bond motifs is 7. The number of ether oxygens (including phenoxy) is 5. The van der Waals surface area contributed by atoms with Crippen molar-refractivity contribution in [3.63, 3.8) is 0 Å². The Balaban J connectivity index is 1.08. The van der Waals surface area contributed by atoms with Gasteiger partial charge in [0.05, 0.1) is 24.9 Å². The first kappa shape index (κ1) is 38.9. The molecule has 0 unspecified atom stereocenters. The molecule has 0 radical (unpaired) electrons. The van der Waals surface area contributed by atoms with Crippen molar-refractivity contribution >= 4 is 6.29 Å². The van der Waals surface area contributed by atoms with Crippen molar-refractivity contribution in [1.82, 2.24) is 0 Å². The standard InChI is InChI=1S/C39H60O13/c1-17(2)12-23-18(3)28-26(50-35(23)47)14-25-22-7-6-20-13-21(8-10-38(20,5)24(22)9-11-39(25,28)16-41)49-37-34(32(45)30(43)27(15-40)51-37)52-36-33(46)31(44)29(42)19(4)48-36/h6,12,16,18-19,21-37,40,42-47H,7-11,13-15H2,1-5H3/t18-,19+,21+,22-,23+,24+,25+,26+,27-,28+,29+,30-,31-,32+,33-,34-,35-,36+,37-,38+,39-/m1/s1. The molecule has 0 spiro atoms. The normalized spacial score (nSPS) is 54.5. The first-order valence-corrected chi connectivity index (χ1v) is 19.4. The van der Waals surface area contributed by atoms with E-state index in [0.717, 1.165) is 37.7 Å². The summed E-state index contributed by atoms with van der Waals surface area (Å²) in [5, 5.41) is 73.8. The van der Waals surface area contributed by atoms with Gasteiger partial charge in [0.15, 0.2) is 18.9 Å². The van der Waals surface area contributed by atoms with Crippen LogP contribution in [0.2, 0.25) is 0 Å². The molecule has 13 nitrogen and oxygen atoms in total. The second-order valence-electron chi connectivity index (χ2n) is 17.5. The average Bonchev–Trinajstić information content (AvgIpc) is 3.45. The molecule has 0 aromatic carbocycles. The van der Waals surface area contributed by atoms with E-state index in [-0.39, 0.29) is 41.3 Å². The molecule has 13 heteroatoms. The molecule has 3 heterocycles. The van der Waals surface area contributed by atoms with Crippen LogP contribution in [0.25, 0.3) is 0 Å². The number of allylic oxidation sites excluding steroid dienone is 2. The molecular formula is C39H60O13. The van der Waals surface area contributed by atoms with Gasteiger partial charge in [0.25, 0.3) is 0 Å². The van der Waals surface area contributed by atoms with Crippen LogP contribution < -0.4 is 0 Å². The summed E-state index contributed by atoms with van der Waals surface area (Å²) in [7, 11) is 0. The van der Waals surface area contributed by atoms with Crippen molar-refractivity contribution < 1.29 is 64.2 Å². The van der Waals surface area contributed by atoms with E-state index in [9.17, 15) is 40.5 Å². The van der Waals surface area contributed by atoms with Gasteiger partial charge in [-0.05, 0) is 94.8 Å². The topological polar surface area (TPSA) is 205 Å². The number of aliphatic hydroxyl groups is 7. The fraction of sp³-hybridized carbons (Fsp3) is 0.872. The smallest absolute Gasteiger partial charge is 0.187 e. The number of aldehydes is 1. The van der Waals surface area contributed by atoms with E-state index in [0.29, 0.717) is 24.7 Å². The van der Waals surface area contributed by atoms with Gasteiger partial charge >= 0.3 is 0 Å². The maximum atomic E-state index is 13.3. The fourth-order valence-corrected chi connectivity index (χ4v) is 11.9. The predicted octanol–water partition coefficient (Wildman–Crippen LogP) is 1.33. The Morgan fingerprint density at radius 3 is 2.35 bits per heavy atom. The van der Waals surface area contributed by atoms with Crippen molar-refractivity contribution in [2.24, 2.45) is 46.3 Å². The molecule has 3 aliphatic heterocycles. The Bertz CT molecular complexity index is 1370. The zero-order valence-electron chi connectivity index (χ0n) is 30.9. The van der Waals surface area contributed by atoms with Gasteiger partial charge in [0.1, 0.15) is 49.0 Å². The lowest BCUT2D eigenvalue weighted by atomic mass is 9.46. The molecule has 0 aromatic heterocycles. The molecule has 7 aliphatic rings. The van der Waals surface area contributed by atoms with E-state index in [2.05, 4.69) is 26.0 Å². The van der Waals surface area contributed by atoms with Gasteiger partial charge in [-0.1, -0.05) is 37.1 Å². The van der Waals surface area contributed by atoms with E-state index < -0.39 is 79.7 Å². The summed E-state index contributed by atoms with van der Waals surface area (Å²) in [4.78, 5) is 13.3. The minimum absolute atomic E-state index is 0.0567. The highest BCUT2D eigenvalue weighted by Gasteiger charge is 2.66. The lowest BCUT2D eigenvalue weighted by molar-refractivity contribution is -0.369. The molecule has 7 N–H and O–H groups in total. The Morgan fingerprint density at radius 1 is 0.904 bits per heavy atom. The molecule has 52 heavy (non-hydrogen) atoms. The Hall–Kier alpha value is -1.33. The average molecular weight is 737 g/mol. The van der Waals surface area contributed by atoms with Gasteiger partial charge in [-0.3, -0.25) is 0 Å². The van der Waals surface area contributed by atoms with Crippen molar-refractivity contribution in [1.29, 1.82) is 0 Å². The second-order valence-corrected chi connectivity index (χ2v) is 17.5. The van der Waals surface area contributed by atoms with Crippen LogP contribution in [-0.4, -0.2) is 129 Å². The number of hydrogen-bond donors (Lipinski definition) is 7. The molecular weight excluding hydrogens is 676 g/mol. The summed E-state index contributed by atoms with van der Waals surface area (Å²) in [5.74, 6) is 0.863. The summed E-state index contributed by atoms with van der Waals surface area (Å²) < 4.78 is 30.3. The van der Waals surface area contributed by atoms with Crippen LogP contribution in [0.4, 0.5) is 0 Å². The summed E-state index contributed by atoms with van der Waals surface area (Å²) >= 11 is 0. The van der Waals surface area contributed by atoms with Crippen LogP contribution >= 0.6 is 0 Å². The highest BCUT2D eigenvalue weighted by Crippen LogP contribution is 2.68. The van der Waals surface area contributed by atoms with E-state index in [1.807, 2.05) is 13.8 Å². The van der Waals surface area contributed by atoms with E-state index in [1.54, 1.807) is 0 Å². The third-order valence-electron chi connectivity index (χ3n) is 14.6. The van der Waals surface area contributed by atoms with Crippen LogP contribution in [0.1, 0.15) is 79.6 Å². The zero-order chi connectivity index (χ0) is 37.4. The van der Waals surface area contributed by atoms with Crippen LogP contribution in [0.15, 0.2) is 23.3 Å². The highest BCUT2D eigenvalue weighted by molar-refractivity contribution is 5.63. The summed E-state index contributed by atoms with van der Waals surface area (Å²) in [5.41, 5.74) is 1.82. The van der Waals surface area contributed by atoms with Crippen LogP contribution in [0, 0.1) is 46.3 Å². The molecule has 3 saturated carbocycles. The first-order valence-electron chi connectivity index (χ1n) is 19.4. The molecule has 4 aliphatic carbocycles. The first-order chi connectivity index (χ1) is 24.6. The van der Waals surface area contributed by atoms with Crippen molar-refractivity contribution in [2.75, 3.05) is 6.61 Å². The molecule has 0 bridgehead atoms. The molecule has 0 aromatic rings. The van der Waals surface area contributed by atoms with Crippen LogP contribution in [-0.2, 0) is 28.5 Å². The summed E-state index contributed by atoms with van der Waals surface area (Å²) in [6.45, 7) is 9.52. The van der Waals surface area contributed by atoms with E-state index >= 15 is 0 Å². The van der Waals surface area contributed by atoms with E-state index in [4.69, 9.17) is 23.7 Å². The van der Waals surface area contributed by atoms with E-state index in [1.165, 1.54) is 18.8 Å². The van der Waals surface area contributed by atoms with Gasteiger partial charge in [-0.25, -0.2) is 0 Å². The molecule has 294 valence electrons. The minimum atomic E-state index is -1.64. The van der Waals surface area contributed by atoms with Gasteiger partial charge in [-0.15, -0.1) is 0 Å².